The Hall–Kier alpha value is -1.57. The highest BCUT2D eigenvalue weighted by Gasteiger charge is 2.26. The molecule has 1 amide bonds. The van der Waals surface area contributed by atoms with E-state index in [9.17, 15) is 4.79 Å². The second kappa shape index (κ2) is 6.93. The SMILES string of the molecule is CCC(C#N)N1CCN(C(=O)c2cc(Cl)ccc2C)CC1. The molecule has 1 aromatic rings. The molecule has 1 heterocycles. The van der Waals surface area contributed by atoms with E-state index in [1.165, 1.54) is 0 Å². The number of benzene rings is 1. The van der Waals surface area contributed by atoms with Crippen LogP contribution < -0.4 is 0 Å². The van der Waals surface area contributed by atoms with Crippen LogP contribution in [0.3, 0.4) is 0 Å². The highest BCUT2D eigenvalue weighted by atomic mass is 35.5. The first-order valence-electron chi connectivity index (χ1n) is 7.26. The number of nitriles is 1. The van der Waals surface area contributed by atoms with Crippen molar-refractivity contribution in [3.8, 4) is 6.07 Å². The zero-order valence-electron chi connectivity index (χ0n) is 12.5. The van der Waals surface area contributed by atoms with E-state index < -0.39 is 0 Å². The predicted molar refractivity (Wildman–Crippen MR) is 83.4 cm³/mol. The third-order valence-electron chi connectivity index (χ3n) is 4.01. The number of rotatable bonds is 3. The quantitative estimate of drug-likeness (QED) is 0.862. The van der Waals surface area contributed by atoms with Crippen molar-refractivity contribution < 1.29 is 4.79 Å². The summed E-state index contributed by atoms with van der Waals surface area (Å²) in [6.45, 7) is 6.74. The summed E-state index contributed by atoms with van der Waals surface area (Å²) in [6, 6.07) is 7.67. The van der Waals surface area contributed by atoms with Gasteiger partial charge in [0, 0.05) is 36.8 Å². The van der Waals surface area contributed by atoms with Crippen molar-refractivity contribution in [2.75, 3.05) is 26.2 Å². The number of carbonyl (C=O) groups is 1. The minimum Gasteiger partial charge on any atom is -0.336 e. The molecule has 112 valence electrons. The molecule has 1 atom stereocenters. The molecule has 21 heavy (non-hydrogen) atoms. The number of halogens is 1. The fraction of sp³-hybridized carbons (Fsp3) is 0.500. The van der Waals surface area contributed by atoms with Gasteiger partial charge in [-0.05, 0) is 31.0 Å². The molecular formula is C16H20ClN3O. The molecule has 1 aliphatic rings. The van der Waals surface area contributed by atoms with Gasteiger partial charge in [0.05, 0.1) is 12.1 Å². The summed E-state index contributed by atoms with van der Waals surface area (Å²) in [6.07, 6.45) is 0.817. The van der Waals surface area contributed by atoms with Crippen molar-refractivity contribution >= 4 is 17.5 Å². The Labute approximate surface area is 130 Å². The van der Waals surface area contributed by atoms with Crippen LogP contribution in [-0.2, 0) is 0 Å². The lowest BCUT2D eigenvalue weighted by Gasteiger charge is -2.36. The van der Waals surface area contributed by atoms with Gasteiger partial charge in [-0.25, -0.2) is 0 Å². The van der Waals surface area contributed by atoms with Crippen LogP contribution in [0, 0.1) is 18.3 Å². The van der Waals surface area contributed by atoms with Crippen LogP contribution in [0.25, 0.3) is 0 Å². The minimum absolute atomic E-state index is 0.0275. The molecule has 5 heteroatoms. The topological polar surface area (TPSA) is 47.3 Å². The van der Waals surface area contributed by atoms with Crippen LogP contribution in [0.15, 0.2) is 18.2 Å². The average Bonchev–Trinajstić information content (AvgIpc) is 2.51. The summed E-state index contributed by atoms with van der Waals surface area (Å²) in [5.74, 6) is 0.0275. The zero-order chi connectivity index (χ0) is 15.4. The van der Waals surface area contributed by atoms with E-state index in [4.69, 9.17) is 16.9 Å². The lowest BCUT2D eigenvalue weighted by molar-refractivity contribution is 0.0604. The summed E-state index contributed by atoms with van der Waals surface area (Å²) < 4.78 is 0. The monoisotopic (exact) mass is 305 g/mol. The van der Waals surface area contributed by atoms with Gasteiger partial charge in [0.25, 0.3) is 5.91 Å². The Morgan fingerprint density at radius 2 is 2.05 bits per heavy atom. The summed E-state index contributed by atoms with van der Waals surface area (Å²) >= 11 is 5.99. The number of hydrogen-bond acceptors (Lipinski definition) is 3. The third kappa shape index (κ3) is 3.55. The maximum Gasteiger partial charge on any atom is 0.254 e. The smallest absolute Gasteiger partial charge is 0.254 e. The number of piperazine rings is 1. The Morgan fingerprint density at radius 3 is 2.62 bits per heavy atom. The summed E-state index contributed by atoms with van der Waals surface area (Å²) in [4.78, 5) is 16.6. The molecule has 0 bridgehead atoms. The largest absolute Gasteiger partial charge is 0.336 e. The molecule has 4 nitrogen and oxygen atoms in total. The van der Waals surface area contributed by atoms with Crippen molar-refractivity contribution in [3.63, 3.8) is 0 Å². The van der Waals surface area contributed by atoms with E-state index in [0.29, 0.717) is 23.7 Å². The first kappa shape index (κ1) is 15.8. The van der Waals surface area contributed by atoms with E-state index in [2.05, 4.69) is 11.0 Å². The van der Waals surface area contributed by atoms with Crippen LogP contribution in [0.4, 0.5) is 0 Å². The van der Waals surface area contributed by atoms with Crippen molar-refractivity contribution in [3.05, 3.63) is 34.3 Å². The molecule has 1 unspecified atom stereocenters. The van der Waals surface area contributed by atoms with Gasteiger partial charge in [0.1, 0.15) is 0 Å². The standard InChI is InChI=1S/C16H20ClN3O/c1-3-14(11-18)19-6-8-20(9-7-19)16(21)15-10-13(17)5-4-12(15)2/h4-5,10,14H,3,6-9H2,1-2H3. The van der Waals surface area contributed by atoms with Gasteiger partial charge in [0.2, 0.25) is 0 Å². The first-order valence-corrected chi connectivity index (χ1v) is 7.63. The number of carbonyl (C=O) groups excluding carboxylic acids is 1. The van der Waals surface area contributed by atoms with Crippen LogP contribution in [0.1, 0.15) is 29.3 Å². The number of aryl methyl sites for hydroxylation is 1. The van der Waals surface area contributed by atoms with Crippen molar-refractivity contribution in [1.82, 2.24) is 9.80 Å². The zero-order valence-corrected chi connectivity index (χ0v) is 13.2. The number of nitrogens with zero attached hydrogens (tertiary/aromatic N) is 3. The fourth-order valence-electron chi connectivity index (χ4n) is 2.66. The lowest BCUT2D eigenvalue weighted by Crippen LogP contribution is -2.51. The van der Waals surface area contributed by atoms with Crippen molar-refractivity contribution in [2.45, 2.75) is 26.3 Å². The molecule has 0 spiro atoms. The minimum atomic E-state index is -0.0462. The van der Waals surface area contributed by atoms with Crippen LogP contribution >= 0.6 is 11.6 Å². The summed E-state index contributed by atoms with van der Waals surface area (Å²) in [5, 5.41) is 9.69. The highest BCUT2D eigenvalue weighted by molar-refractivity contribution is 6.31. The van der Waals surface area contributed by atoms with Crippen molar-refractivity contribution in [2.24, 2.45) is 0 Å². The second-order valence-electron chi connectivity index (χ2n) is 5.34. The van der Waals surface area contributed by atoms with Gasteiger partial charge in [-0.3, -0.25) is 9.69 Å². The number of amides is 1. The molecule has 0 aliphatic carbocycles. The molecule has 2 rings (SSSR count). The molecule has 1 saturated heterocycles. The van der Waals surface area contributed by atoms with Crippen LogP contribution in [-0.4, -0.2) is 47.9 Å². The van der Waals surface area contributed by atoms with Crippen LogP contribution in [0.5, 0.6) is 0 Å². The van der Waals surface area contributed by atoms with E-state index in [0.717, 1.165) is 25.1 Å². The molecule has 0 aromatic heterocycles. The predicted octanol–water partition coefficient (Wildman–Crippen LogP) is 2.71. The third-order valence-corrected chi connectivity index (χ3v) is 4.24. The molecule has 1 fully saturated rings. The van der Waals surface area contributed by atoms with E-state index in [1.807, 2.05) is 24.8 Å². The second-order valence-corrected chi connectivity index (χ2v) is 5.78. The fourth-order valence-corrected chi connectivity index (χ4v) is 2.83. The summed E-state index contributed by atoms with van der Waals surface area (Å²) in [7, 11) is 0. The lowest BCUT2D eigenvalue weighted by atomic mass is 10.1. The molecule has 1 aliphatic heterocycles. The first-order chi connectivity index (χ1) is 10.1. The Morgan fingerprint density at radius 1 is 1.38 bits per heavy atom. The molecule has 0 radical (unpaired) electrons. The van der Waals surface area contributed by atoms with Gasteiger partial charge in [-0.2, -0.15) is 5.26 Å². The normalized spacial score (nSPS) is 17.3. The van der Waals surface area contributed by atoms with E-state index in [1.54, 1.807) is 12.1 Å². The Balaban J connectivity index is 2.04. The molecule has 1 aromatic carbocycles. The summed E-state index contributed by atoms with van der Waals surface area (Å²) in [5.41, 5.74) is 1.61. The Bertz CT molecular complexity index is 559. The van der Waals surface area contributed by atoms with Crippen molar-refractivity contribution in [1.29, 1.82) is 5.26 Å². The van der Waals surface area contributed by atoms with Crippen LogP contribution in [0.2, 0.25) is 5.02 Å². The van der Waals surface area contributed by atoms with Gasteiger partial charge < -0.3 is 4.90 Å². The molecule has 0 saturated carbocycles. The maximum atomic E-state index is 12.6. The molecular weight excluding hydrogens is 286 g/mol. The van der Waals surface area contributed by atoms with Gasteiger partial charge in [0.15, 0.2) is 0 Å². The van der Waals surface area contributed by atoms with Gasteiger partial charge >= 0.3 is 0 Å². The Kier molecular flexibility index (Phi) is 5.22. The molecule has 0 N–H and O–H groups in total. The van der Waals surface area contributed by atoms with E-state index in [-0.39, 0.29) is 11.9 Å². The average molecular weight is 306 g/mol. The van der Waals surface area contributed by atoms with E-state index >= 15 is 0 Å². The van der Waals surface area contributed by atoms with Gasteiger partial charge in [-0.15, -0.1) is 0 Å². The van der Waals surface area contributed by atoms with Gasteiger partial charge in [-0.1, -0.05) is 24.6 Å². The maximum absolute atomic E-state index is 12.6. The highest BCUT2D eigenvalue weighted by Crippen LogP contribution is 2.18. The number of hydrogen-bond donors (Lipinski definition) is 0.